The molecule has 2 atom stereocenters. The molecule has 5 heteroatoms. The number of likely N-dealkylation sites (N-methyl/N-ethyl adjacent to an activating group) is 1. The molecule has 0 aliphatic heterocycles. The smallest absolute Gasteiger partial charge is 0.142 e. The summed E-state index contributed by atoms with van der Waals surface area (Å²) in [4.78, 5) is 0. The Morgan fingerprint density at radius 2 is 2.12 bits per heavy atom. The zero-order valence-electron chi connectivity index (χ0n) is 9.47. The molecular formula is C11H18N2O3. The van der Waals surface area contributed by atoms with Gasteiger partial charge in [-0.05, 0) is 24.7 Å². The largest absolute Gasteiger partial charge is 0.495 e. The number of aliphatic hydroxyl groups is 2. The van der Waals surface area contributed by atoms with E-state index in [0.717, 1.165) is 0 Å². The second-order valence-electron chi connectivity index (χ2n) is 3.57. The molecule has 5 nitrogen and oxygen atoms in total. The number of ether oxygens (including phenoxy) is 1. The van der Waals surface area contributed by atoms with Crippen LogP contribution in [0.3, 0.4) is 0 Å². The molecular weight excluding hydrogens is 208 g/mol. The molecule has 1 aromatic carbocycles. The minimum atomic E-state index is -0.957. The normalized spacial score (nSPS) is 14.5. The van der Waals surface area contributed by atoms with E-state index in [2.05, 4.69) is 5.32 Å². The van der Waals surface area contributed by atoms with Crippen LogP contribution in [-0.2, 0) is 0 Å². The molecule has 0 amide bonds. The van der Waals surface area contributed by atoms with Crippen LogP contribution in [0.25, 0.3) is 0 Å². The summed E-state index contributed by atoms with van der Waals surface area (Å²) in [5, 5.41) is 22.3. The maximum absolute atomic E-state index is 9.84. The van der Waals surface area contributed by atoms with Gasteiger partial charge in [0.2, 0.25) is 0 Å². The fourth-order valence-electron chi connectivity index (χ4n) is 1.45. The van der Waals surface area contributed by atoms with Crippen molar-refractivity contribution in [1.82, 2.24) is 5.32 Å². The quantitative estimate of drug-likeness (QED) is 0.526. The van der Waals surface area contributed by atoms with Gasteiger partial charge in [0, 0.05) is 6.54 Å². The molecule has 0 fully saturated rings. The summed E-state index contributed by atoms with van der Waals surface area (Å²) in [6, 6.07) is 4.93. The number of rotatable bonds is 5. The molecule has 16 heavy (non-hydrogen) atoms. The molecule has 1 rings (SSSR count). The first kappa shape index (κ1) is 12.8. The second kappa shape index (κ2) is 5.69. The molecule has 0 aliphatic carbocycles. The topological polar surface area (TPSA) is 87.7 Å². The highest BCUT2D eigenvalue weighted by Gasteiger charge is 2.18. The van der Waals surface area contributed by atoms with Crippen LogP contribution in [-0.4, -0.2) is 37.0 Å². The van der Waals surface area contributed by atoms with Gasteiger partial charge in [-0.3, -0.25) is 0 Å². The Morgan fingerprint density at radius 3 is 2.69 bits per heavy atom. The van der Waals surface area contributed by atoms with Crippen molar-refractivity contribution in [2.75, 3.05) is 26.4 Å². The fourth-order valence-corrected chi connectivity index (χ4v) is 1.45. The average molecular weight is 226 g/mol. The Kier molecular flexibility index (Phi) is 4.54. The summed E-state index contributed by atoms with van der Waals surface area (Å²) >= 11 is 0. The highest BCUT2D eigenvalue weighted by molar-refractivity contribution is 5.54. The van der Waals surface area contributed by atoms with Crippen molar-refractivity contribution in [1.29, 1.82) is 0 Å². The summed E-state index contributed by atoms with van der Waals surface area (Å²) in [6.07, 6.45) is -1.82. The summed E-state index contributed by atoms with van der Waals surface area (Å²) < 4.78 is 5.04. The van der Waals surface area contributed by atoms with Crippen LogP contribution in [0.2, 0.25) is 0 Å². The van der Waals surface area contributed by atoms with Crippen molar-refractivity contribution in [2.45, 2.75) is 12.2 Å². The number of nitrogen functional groups attached to an aromatic ring is 1. The van der Waals surface area contributed by atoms with Crippen molar-refractivity contribution in [3.63, 3.8) is 0 Å². The van der Waals surface area contributed by atoms with Gasteiger partial charge >= 0.3 is 0 Å². The Balaban J connectivity index is 2.87. The van der Waals surface area contributed by atoms with E-state index >= 15 is 0 Å². The maximum atomic E-state index is 9.84. The third-order valence-electron chi connectivity index (χ3n) is 2.38. The van der Waals surface area contributed by atoms with E-state index in [4.69, 9.17) is 10.5 Å². The molecule has 90 valence electrons. The minimum absolute atomic E-state index is 0.313. The highest BCUT2D eigenvalue weighted by atomic mass is 16.5. The standard InChI is InChI=1S/C11H18N2O3/c1-13-6-9(14)11(15)7-3-4-8(12)10(5-7)16-2/h3-5,9,11,13-15H,6,12H2,1-2H3. The van der Waals surface area contributed by atoms with Crippen LogP contribution in [0, 0.1) is 0 Å². The van der Waals surface area contributed by atoms with Gasteiger partial charge < -0.3 is 26.0 Å². The van der Waals surface area contributed by atoms with Gasteiger partial charge in [-0.2, -0.15) is 0 Å². The molecule has 0 saturated heterocycles. The van der Waals surface area contributed by atoms with Gasteiger partial charge in [0.05, 0.1) is 18.9 Å². The number of anilines is 1. The number of nitrogens with one attached hydrogen (secondary N) is 1. The van der Waals surface area contributed by atoms with E-state index in [1.807, 2.05) is 0 Å². The van der Waals surface area contributed by atoms with Crippen molar-refractivity contribution in [3.05, 3.63) is 23.8 Å². The Morgan fingerprint density at radius 1 is 1.44 bits per heavy atom. The molecule has 0 saturated carbocycles. The third kappa shape index (κ3) is 2.85. The first-order valence-electron chi connectivity index (χ1n) is 5.04. The van der Waals surface area contributed by atoms with Crippen molar-refractivity contribution < 1.29 is 14.9 Å². The van der Waals surface area contributed by atoms with Crippen LogP contribution in [0.4, 0.5) is 5.69 Å². The number of hydrogen-bond acceptors (Lipinski definition) is 5. The fraction of sp³-hybridized carbons (Fsp3) is 0.455. The lowest BCUT2D eigenvalue weighted by Crippen LogP contribution is -2.29. The van der Waals surface area contributed by atoms with E-state index < -0.39 is 12.2 Å². The SMILES string of the molecule is CNCC(O)C(O)c1ccc(N)c(OC)c1. The number of aliphatic hydroxyl groups excluding tert-OH is 2. The second-order valence-corrected chi connectivity index (χ2v) is 3.57. The number of benzene rings is 1. The van der Waals surface area contributed by atoms with Gasteiger partial charge in [0.15, 0.2) is 0 Å². The molecule has 2 unspecified atom stereocenters. The summed E-state index contributed by atoms with van der Waals surface area (Å²) in [5.41, 5.74) is 6.73. The van der Waals surface area contributed by atoms with Crippen molar-refractivity contribution in [3.8, 4) is 5.75 Å². The predicted octanol–water partition coefficient (Wildman–Crippen LogP) is -0.109. The molecule has 0 bridgehead atoms. The van der Waals surface area contributed by atoms with Crippen LogP contribution in [0.1, 0.15) is 11.7 Å². The maximum Gasteiger partial charge on any atom is 0.142 e. The lowest BCUT2D eigenvalue weighted by Gasteiger charge is -2.18. The zero-order chi connectivity index (χ0) is 12.1. The van der Waals surface area contributed by atoms with Gasteiger partial charge in [-0.15, -0.1) is 0 Å². The van der Waals surface area contributed by atoms with Crippen LogP contribution < -0.4 is 15.8 Å². The molecule has 0 heterocycles. The summed E-state index contributed by atoms with van der Waals surface area (Å²) in [7, 11) is 3.21. The van der Waals surface area contributed by atoms with E-state index in [1.165, 1.54) is 7.11 Å². The molecule has 1 aromatic rings. The third-order valence-corrected chi connectivity index (χ3v) is 2.38. The summed E-state index contributed by atoms with van der Waals surface area (Å²) in [5.74, 6) is 0.494. The molecule has 5 N–H and O–H groups in total. The highest BCUT2D eigenvalue weighted by Crippen LogP contribution is 2.26. The van der Waals surface area contributed by atoms with E-state index in [9.17, 15) is 10.2 Å². The van der Waals surface area contributed by atoms with E-state index in [-0.39, 0.29) is 0 Å². The van der Waals surface area contributed by atoms with Gasteiger partial charge in [-0.25, -0.2) is 0 Å². The van der Waals surface area contributed by atoms with Crippen molar-refractivity contribution >= 4 is 5.69 Å². The predicted molar refractivity (Wildman–Crippen MR) is 62.3 cm³/mol. The van der Waals surface area contributed by atoms with E-state index in [1.54, 1.807) is 25.2 Å². The lowest BCUT2D eigenvalue weighted by atomic mass is 10.0. The number of hydrogen-bond donors (Lipinski definition) is 4. The summed E-state index contributed by atoms with van der Waals surface area (Å²) in [6.45, 7) is 0.313. The van der Waals surface area contributed by atoms with Gasteiger partial charge in [-0.1, -0.05) is 6.07 Å². The first-order chi connectivity index (χ1) is 7.60. The lowest BCUT2D eigenvalue weighted by molar-refractivity contribution is 0.0201. The Labute approximate surface area is 94.8 Å². The van der Waals surface area contributed by atoms with Gasteiger partial charge in [0.1, 0.15) is 11.9 Å². The average Bonchev–Trinajstić information content (AvgIpc) is 2.29. The molecule has 0 radical (unpaired) electrons. The molecule has 0 aromatic heterocycles. The number of nitrogens with two attached hydrogens (primary N) is 1. The first-order valence-corrected chi connectivity index (χ1v) is 5.04. The monoisotopic (exact) mass is 226 g/mol. The Hall–Kier alpha value is -1.30. The zero-order valence-corrected chi connectivity index (χ0v) is 9.47. The molecule has 0 spiro atoms. The van der Waals surface area contributed by atoms with E-state index in [0.29, 0.717) is 23.5 Å². The van der Waals surface area contributed by atoms with Crippen molar-refractivity contribution in [2.24, 2.45) is 0 Å². The van der Waals surface area contributed by atoms with Crippen LogP contribution in [0.15, 0.2) is 18.2 Å². The number of methoxy groups -OCH3 is 1. The minimum Gasteiger partial charge on any atom is -0.495 e. The molecule has 0 aliphatic rings. The van der Waals surface area contributed by atoms with Gasteiger partial charge in [0.25, 0.3) is 0 Å². The Bertz CT molecular complexity index is 344. The van der Waals surface area contributed by atoms with Crippen LogP contribution in [0.5, 0.6) is 5.75 Å². The van der Waals surface area contributed by atoms with Crippen LogP contribution >= 0.6 is 0 Å².